The Morgan fingerprint density at radius 2 is 1.80 bits per heavy atom. The minimum absolute atomic E-state index is 0.663. The number of hydrogen-bond acceptors (Lipinski definition) is 0. The molecule has 0 aromatic heterocycles. The Hall–Kier alpha value is -0.480. The van der Waals surface area contributed by atoms with Crippen LogP contribution in [0.2, 0.25) is 0 Å². The standard InChI is InChI=1S/C10H18/c1-6-7-9(4)10(5)8(2)3/h6,8,10H,1-5H3. The van der Waals surface area contributed by atoms with Crippen LogP contribution in [-0.4, -0.2) is 0 Å². The Bertz CT molecular complexity index is 145. The van der Waals surface area contributed by atoms with E-state index >= 15 is 0 Å². The van der Waals surface area contributed by atoms with Gasteiger partial charge in [-0.1, -0.05) is 20.8 Å². The molecule has 0 saturated carbocycles. The Labute approximate surface area is 64.6 Å². The van der Waals surface area contributed by atoms with Crippen molar-refractivity contribution in [2.75, 3.05) is 0 Å². The third kappa shape index (κ3) is 2.89. The highest BCUT2D eigenvalue weighted by Gasteiger charge is 2.07. The summed E-state index contributed by atoms with van der Waals surface area (Å²) >= 11 is 0. The minimum Gasteiger partial charge on any atom is -0.126 e. The average molecular weight is 138 g/mol. The highest BCUT2D eigenvalue weighted by Crippen LogP contribution is 2.17. The predicted molar refractivity (Wildman–Crippen MR) is 46.9 cm³/mol. The van der Waals surface area contributed by atoms with E-state index in [0.717, 1.165) is 5.92 Å². The number of hydrogen-bond donors (Lipinski definition) is 0. The molecule has 0 heteroatoms. The van der Waals surface area contributed by atoms with Crippen LogP contribution < -0.4 is 0 Å². The first kappa shape index (κ1) is 9.52. The van der Waals surface area contributed by atoms with Crippen LogP contribution in [0.4, 0.5) is 0 Å². The maximum atomic E-state index is 3.22. The van der Waals surface area contributed by atoms with E-state index in [0.29, 0.717) is 5.92 Å². The Morgan fingerprint density at radius 1 is 1.30 bits per heavy atom. The number of allylic oxidation sites excluding steroid dienone is 1. The zero-order chi connectivity index (χ0) is 8.15. The van der Waals surface area contributed by atoms with Crippen molar-refractivity contribution >= 4 is 0 Å². The van der Waals surface area contributed by atoms with Crippen molar-refractivity contribution in [1.82, 2.24) is 0 Å². The van der Waals surface area contributed by atoms with Gasteiger partial charge in [-0.15, -0.1) is 5.73 Å². The first-order chi connectivity index (χ1) is 4.59. The van der Waals surface area contributed by atoms with Crippen LogP contribution in [0.25, 0.3) is 0 Å². The van der Waals surface area contributed by atoms with Crippen LogP contribution in [0.5, 0.6) is 0 Å². The molecule has 0 bridgehead atoms. The average Bonchev–Trinajstić information content (AvgIpc) is 1.87. The Morgan fingerprint density at radius 3 is 2.10 bits per heavy atom. The molecular formula is C10H18. The third-order valence-electron chi connectivity index (χ3n) is 2.06. The summed E-state index contributed by atoms with van der Waals surface area (Å²) in [5.41, 5.74) is 4.58. The second-order valence-corrected chi connectivity index (χ2v) is 3.15. The first-order valence-corrected chi connectivity index (χ1v) is 3.97. The van der Waals surface area contributed by atoms with Crippen LogP contribution in [-0.2, 0) is 0 Å². The smallest absolute Gasteiger partial charge is 0.0135 e. The van der Waals surface area contributed by atoms with Gasteiger partial charge in [0.2, 0.25) is 0 Å². The van der Waals surface area contributed by atoms with Gasteiger partial charge in [0.15, 0.2) is 0 Å². The predicted octanol–water partition coefficient (Wildman–Crippen LogP) is 3.40. The molecule has 0 fully saturated rings. The van der Waals surface area contributed by atoms with E-state index in [1.54, 1.807) is 0 Å². The minimum atomic E-state index is 0.663. The second kappa shape index (κ2) is 4.35. The lowest BCUT2D eigenvalue weighted by atomic mass is 9.92. The summed E-state index contributed by atoms with van der Waals surface area (Å²) in [6.07, 6.45) is 1.98. The molecule has 0 aromatic carbocycles. The molecule has 0 aliphatic heterocycles. The lowest BCUT2D eigenvalue weighted by Gasteiger charge is -2.13. The lowest BCUT2D eigenvalue weighted by molar-refractivity contribution is 0.481. The van der Waals surface area contributed by atoms with E-state index in [-0.39, 0.29) is 0 Å². The SMILES string of the molecule is CC=C=C(C)C(C)C(C)C. The van der Waals surface area contributed by atoms with Crippen molar-refractivity contribution in [3.8, 4) is 0 Å². The van der Waals surface area contributed by atoms with Crippen molar-refractivity contribution in [1.29, 1.82) is 0 Å². The zero-order valence-electron chi connectivity index (χ0n) is 7.73. The van der Waals surface area contributed by atoms with Gasteiger partial charge in [0, 0.05) is 0 Å². The molecule has 0 saturated heterocycles. The molecule has 1 atom stereocenters. The van der Waals surface area contributed by atoms with E-state index in [2.05, 4.69) is 33.4 Å². The van der Waals surface area contributed by atoms with Crippen molar-refractivity contribution in [3.63, 3.8) is 0 Å². The van der Waals surface area contributed by atoms with E-state index in [4.69, 9.17) is 0 Å². The second-order valence-electron chi connectivity index (χ2n) is 3.15. The molecule has 0 N–H and O–H groups in total. The fraction of sp³-hybridized carbons (Fsp3) is 0.700. The monoisotopic (exact) mass is 138 g/mol. The highest BCUT2D eigenvalue weighted by atomic mass is 14.1. The molecule has 10 heavy (non-hydrogen) atoms. The van der Waals surface area contributed by atoms with Crippen molar-refractivity contribution in [2.45, 2.75) is 34.6 Å². The van der Waals surface area contributed by atoms with Gasteiger partial charge in [-0.05, 0) is 37.3 Å². The fourth-order valence-corrected chi connectivity index (χ4v) is 0.859. The van der Waals surface area contributed by atoms with Gasteiger partial charge in [-0.2, -0.15) is 0 Å². The molecule has 0 radical (unpaired) electrons. The molecule has 0 aromatic rings. The Balaban J connectivity index is 4.21. The van der Waals surface area contributed by atoms with Gasteiger partial charge < -0.3 is 0 Å². The van der Waals surface area contributed by atoms with Crippen molar-refractivity contribution in [3.05, 3.63) is 17.4 Å². The Kier molecular flexibility index (Phi) is 4.14. The van der Waals surface area contributed by atoms with Crippen LogP contribution in [0.15, 0.2) is 17.4 Å². The zero-order valence-corrected chi connectivity index (χ0v) is 7.73. The van der Waals surface area contributed by atoms with E-state index in [1.807, 2.05) is 13.0 Å². The van der Waals surface area contributed by atoms with E-state index in [9.17, 15) is 0 Å². The largest absolute Gasteiger partial charge is 0.126 e. The summed E-state index contributed by atoms with van der Waals surface area (Å²) in [5, 5.41) is 0. The molecule has 0 amide bonds. The van der Waals surface area contributed by atoms with Gasteiger partial charge >= 0.3 is 0 Å². The maximum absolute atomic E-state index is 3.22. The van der Waals surface area contributed by atoms with Gasteiger partial charge in [-0.3, -0.25) is 0 Å². The summed E-state index contributed by atoms with van der Waals surface area (Å²) in [6.45, 7) is 10.9. The van der Waals surface area contributed by atoms with Crippen LogP contribution >= 0.6 is 0 Å². The lowest BCUT2D eigenvalue weighted by Crippen LogP contribution is -2.03. The molecule has 0 nitrogen and oxygen atoms in total. The third-order valence-corrected chi connectivity index (χ3v) is 2.06. The van der Waals surface area contributed by atoms with Crippen molar-refractivity contribution < 1.29 is 0 Å². The van der Waals surface area contributed by atoms with E-state index < -0.39 is 0 Å². The normalized spacial score (nSPS) is 12.6. The first-order valence-electron chi connectivity index (χ1n) is 3.97. The maximum Gasteiger partial charge on any atom is -0.0135 e. The molecule has 1 unspecified atom stereocenters. The van der Waals surface area contributed by atoms with Crippen LogP contribution in [0.3, 0.4) is 0 Å². The topological polar surface area (TPSA) is 0 Å². The number of rotatable bonds is 2. The molecule has 0 spiro atoms. The van der Waals surface area contributed by atoms with Gasteiger partial charge in [0.05, 0.1) is 0 Å². The van der Waals surface area contributed by atoms with Gasteiger partial charge in [0.25, 0.3) is 0 Å². The van der Waals surface area contributed by atoms with Crippen LogP contribution in [0.1, 0.15) is 34.6 Å². The molecule has 58 valence electrons. The fourth-order valence-electron chi connectivity index (χ4n) is 0.859. The quantitative estimate of drug-likeness (QED) is 0.513. The summed E-state index contributed by atoms with van der Waals surface area (Å²) in [7, 11) is 0. The van der Waals surface area contributed by atoms with Crippen molar-refractivity contribution in [2.24, 2.45) is 11.8 Å². The summed E-state index contributed by atoms with van der Waals surface area (Å²) < 4.78 is 0. The highest BCUT2D eigenvalue weighted by molar-refractivity contribution is 5.01. The molecule has 0 heterocycles. The van der Waals surface area contributed by atoms with Gasteiger partial charge in [0.1, 0.15) is 0 Å². The van der Waals surface area contributed by atoms with Gasteiger partial charge in [-0.25, -0.2) is 0 Å². The summed E-state index contributed by atoms with van der Waals surface area (Å²) in [4.78, 5) is 0. The summed E-state index contributed by atoms with van der Waals surface area (Å²) in [6, 6.07) is 0. The molecular weight excluding hydrogens is 120 g/mol. The van der Waals surface area contributed by atoms with Crippen LogP contribution in [0, 0.1) is 11.8 Å². The molecule has 0 aliphatic rings. The molecule has 0 rings (SSSR count). The summed E-state index contributed by atoms with van der Waals surface area (Å²) in [5.74, 6) is 1.39. The van der Waals surface area contributed by atoms with E-state index in [1.165, 1.54) is 5.57 Å². The molecule has 0 aliphatic carbocycles.